The zero-order valence-corrected chi connectivity index (χ0v) is 14.4. The highest BCUT2D eigenvalue weighted by molar-refractivity contribution is 6.07. The van der Waals surface area contributed by atoms with E-state index in [4.69, 9.17) is 5.73 Å². The van der Waals surface area contributed by atoms with E-state index in [1.165, 1.54) is 30.5 Å². The fourth-order valence-electron chi connectivity index (χ4n) is 2.97. The van der Waals surface area contributed by atoms with Crippen molar-refractivity contribution >= 4 is 35.3 Å². The average molecular weight is 384 g/mol. The van der Waals surface area contributed by atoms with Crippen LogP contribution in [0.25, 0.3) is 0 Å². The first-order valence-electron chi connectivity index (χ1n) is 8.18. The smallest absolute Gasteiger partial charge is 0.331 e. The van der Waals surface area contributed by atoms with Crippen molar-refractivity contribution < 1.29 is 29.4 Å². The predicted octanol–water partition coefficient (Wildman–Crippen LogP) is 0.544. The number of urea groups is 1. The van der Waals surface area contributed by atoms with Crippen LogP contribution in [0.4, 0.5) is 16.3 Å². The zero-order valence-electron chi connectivity index (χ0n) is 14.4. The molecule has 2 heterocycles. The quantitative estimate of drug-likeness (QED) is 0.636. The maximum atomic E-state index is 12.0. The number of likely N-dealkylation sites (tertiary alicyclic amines) is 1. The number of aliphatic hydroxyl groups is 1. The largest absolute Gasteiger partial charge is 0.479 e. The fourth-order valence-corrected chi connectivity index (χ4v) is 2.97. The minimum Gasteiger partial charge on any atom is -0.479 e. The number of carboxylic acids is 1. The lowest BCUT2D eigenvalue weighted by Gasteiger charge is -2.24. The summed E-state index contributed by atoms with van der Waals surface area (Å²) in [6, 6.07) is 8.08. The molecular formula is C18H16N4O6. The van der Waals surface area contributed by atoms with Crippen LogP contribution in [0.15, 0.2) is 48.7 Å². The van der Waals surface area contributed by atoms with Crippen molar-refractivity contribution in [3.05, 3.63) is 54.2 Å². The number of anilines is 2. The molecule has 0 spiro atoms. The molecule has 1 aromatic carbocycles. The number of rotatable bonds is 5. The van der Waals surface area contributed by atoms with Gasteiger partial charge >= 0.3 is 12.0 Å². The van der Waals surface area contributed by atoms with Gasteiger partial charge in [-0.05, 0) is 29.8 Å². The third-order valence-electron chi connectivity index (χ3n) is 4.22. The molecule has 1 aromatic heterocycles. The molecule has 0 aliphatic carbocycles. The first-order chi connectivity index (χ1) is 13.3. The molecule has 4 N–H and O–H groups in total. The van der Waals surface area contributed by atoms with Crippen LogP contribution < -0.4 is 10.6 Å². The van der Waals surface area contributed by atoms with E-state index in [0.717, 1.165) is 4.90 Å². The van der Waals surface area contributed by atoms with Gasteiger partial charge in [0.1, 0.15) is 11.9 Å². The van der Waals surface area contributed by atoms with E-state index in [1.54, 1.807) is 18.2 Å². The number of carbonyl (C=O) groups is 4. The van der Waals surface area contributed by atoms with Gasteiger partial charge in [-0.25, -0.2) is 19.5 Å². The maximum absolute atomic E-state index is 12.0. The second kappa shape index (κ2) is 7.45. The highest BCUT2D eigenvalue weighted by Crippen LogP contribution is 2.30. The highest BCUT2D eigenvalue weighted by Gasteiger charge is 2.44. The van der Waals surface area contributed by atoms with Crippen molar-refractivity contribution in [2.75, 3.05) is 4.90 Å². The maximum Gasteiger partial charge on any atom is 0.331 e. The molecule has 144 valence electrons. The number of pyridine rings is 1. The van der Waals surface area contributed by atoms with Gasteiger partial charge in [0.2, 0.25) is 5.91 Å². The molecular weight excluding hydrogens is 368 g/mol. The Kier molecular flexibility index (Phi) is 5.05. The third kappa shape index (κ3) is 3.40. The Bertz CT molecular complexity index is 931. The lowest BCUT2D eigenvalue weighted by molar-refractivity contribution is -0.155. The Labute approximate surface area is 158 Å². The lowest BCUT2D eigenvalue weighted by Crippen LogP contribution is -2.39. The number of aromatic nitrogens is 1. The SMILES string of the molecule is NC(=O)N(c1ccc(C(C(=O)O)N2C(=O)CC(O)C2=O)cc1)c1ccccn1. The number of amides is 4. The normalized spacial score (nSPS) is 17.5. The first-order valence-corrected chi connectivity index (χ1v) is 8.18. The Morgan fingerprint density at radius 3 is 2.32 bits per heavy atom. The number of aliphatic carboxylic acids is 1. The first kappa shape index (κ1) is 19.0. The second-order valence-corrected chi connectivity index (χ2v) is 6.02. The summed E-state index contributed by atoms with van der Waals surface area (Å²) in [6.45, 7) is 0. The van der Waals surface area contributed by atoms with Gasteiger partial charge in [-0.1, -0.05) is 18.2 Å². The molecule has 1 saturated heterocycles. The van der Waals surface area contributed by atoms with Gasteiger partial charge < -0.3 is 15.9 Å². The molecule has 10 nitrogen and oxygen atoms in total. The van der Waals surface area contributed by atoms with Gasteiger partial charge in [-0.15, -0.1) is 0 Å². The van der Waals surface area contributed by atoms with Gasteiger partial charge in [0.05, 0.1) is 12.1 Å². The number of imide groups is 1. The van der Waals surface area contributed by atoms with Crippen LogP contribution in [0.2, 0.25) is 0 Å². The number of hydrogen-bond acceptors (Lipinski definition) is 6. The number of benzene rings is 1. The minimum atomic E-state index is -1.59. The van der Waals surface area contributed by atoms with Gasteiger partial charge in [0.25, 0.3) is 5.91 Å². The lowest BCUT2D eigenvalue weighted by atomic mass is 10.0. The van der Waals surface area contributed by atoms with Crippen molar-refractivity contribution in [1.82, 2.24) is 9.88 Å². The number of hydrogen-bond donors (Lipinski definition) is 3. The number of carboxylic acid groups (broad SMARTS) is 1. The Morgan fingerprint density at radius 1 is 1.18 bits per heavy atom. The van der Waals surface area contributed by atoms with Crippen molar-refractivity contribution in [3.8, 4) is 0 Å². The van der Waals surface area contributed by atoms with Gasteiger partial charge in [0, 0.05) is 6.20 Å². The molecule has 0 radical (unpaired) electrons. The third-order valence-corrected chi connectivity index (χ3v) is 4.22. The summed E-state index contributed by atoms with van der Waals surface area (Å²) >= 11 is 0. The predicted molar refractivity (Wildman–Crippen MR) is 95.3 cm³/mol. The fraction of sp³-hybridized carbons (Fsp3) is 0.167. The van der Waals surface area contributed by atoms with Crippen molar-refractivity contribution in [2.45, 2.75) is 18.6 Å². The van der Waals surface area contributed by atoms with E-state index >= 15 is 0 Å². The number of aliphatic hydroxyl groups excluding tert-OH is 1. The molecule has 1 aliphatic heterocycles. The molecule has 1 aliphatic rings. The average Bonchev–Trinajstić information content (AvgIpc) is 2.90. The van der Waals surface area contributed by atoms with Crippen LogP contribution in [0.3, 0.4) is 0 Å². The van der Waals surface area contributed by atoms with Crippen LogP contribution in [-0.2, 0) is 14.4 Å². The molecule has 2 aromatic rings. The van der Waals surface area contributed by atoms with E-state index < -0.39 is 42.4 Å². The van der Waals surface area contributed by atoms with Crippen LogP contribution >= 0.6 is 0 Å². The van der Waals surface area contributed by atoms with Gasteiger partial charge in [-0.3, -0.25) is 14.5 Å². The monoisotopic (exact) mass is 384 g/mol. The molecule has 10 heteroatoms. The molecule has 3 rings (SSSR count). The van der Waals surface area contributed by atoms with Crippen LogP contribution in [0, 0.1) is 0 Å². The van der Waals surface area contributed by atoms with E-state index in [1.807, 2.05) is 0 Å². The Balaban J connectivity index is 1.96. The van der Waals surface area contributed by atoms with E-state index in [2.05, 4.69) is 4.98 Å². The summed E-state index contributed by atoms with van der Waals surface area (Å²) in [6.07, 6.45) is -0.533. The summed E-state index contributed by atoms with van der Waals surface area (Å²) in [5.41, 5.74) is 5.87. The second-order valence-electron chi connectivity index (χ2n) is 6.02. The summed E-state index contributed by atoms with van der Waals surface area (Å²) in [5, 5.41) is 19.1. The van der Waals surface area contributed by atoms with Gasteiger partial charge in [0.15, 0.2) is 6.04 Å². The standard InChI is InChI=1S/C18H16N4O6/c19-18(28)21(13-3-1-2-8-20-13)11-6-4-10(5-7-11)15(17(26)27)22-14(24)9-12(23)16(22)25/h1-8,12,15,23H,9H2,(H2,19,28)(H,26,27). The summed E-state index contributed by atoms with van der Waals surface area (Å²) in [5.74, 6) is -2.90. The molecule has 2 atom stereocenters. The van der Waals surface area contributed by atoms with E-state index in [0.29, 0.717) is 10.6 Å². The summed E-state index contributed by atoms with van der Waals surface area (Å²) in [7, 11) is 0. The molecule has 2 unspecified atom stereocenters. The van der Waals surface area contributed by atoms with Crippen LogP contribution in [-0.4, -0.2) is 50.0 Å². The number of carbonyl (C=O) groups excluding carboxylic acids is 3. The Morgan fingerprint density at radius 2 is 1.86 bits per heavy atom. The molecule has 1 fully saturated rings. The van der Waals surface area contributed by atoms with E-state index in [9.17, 15) is 29.4 Å². The minimum absolute atomic E-state index is 0.123. The molecule has 0 bridgehead atoms. The number of nitrogens with two attached hydrogens (primary N) is 1. The van der Waals surface area contributed by atoms with Crippen LogP contribution in [0.5, 0.6) is 0 Å². The summed E-state index contributed by atoms with van der Waals surface area (Å²) < 4.78 is 0. The number of nitrogens with zero attached hydrogens (tertiary/aromatic N) is 3. The van der Waals surface area contributed by atoms with Crippen molar-refractivity contribution in [2.24, 2.45) is 5.73 Å². The van der Waals surface area contributed by atoms with Crippen molar-refractivity contribution in [3.63, 3.8) is 0 Å². The highest BCUT2D eigenvalue weighted by atomic mass is 16.4. The van der Waals surface area contributed by atoms with Crippen molar-refractivity contribution in [1.29, 1.82) is 0 Å². The molecule has 0 saturated carbocycles. The van der Waals surface area contributed by atoms with Gasteiger partial charge in [-0.2, -0.15) is 0 Å². The molecule has 4 amide bonds. The van der Waals surface area contributed by atoms with Crippen LogP contribution in [0.1, 0.15) is 18.0 Å². The topological polar surface area (TPSA) is 154 Å². The Hall–Kier alpha value is -3.79. The number of primary amides is 1. The molecule has 28 heavy (non-hydrogen) atoms. The van der Waals surface area contributed by atoms with E-state index in [-0.39, 0.29) is 11.4 Å². The zero-order chi connectivity index (χ0) is 20.4. The summed E-state index contributed by atoms with van der Waals surface area (Å²) in [4.78, 5) is 53.2.